The Morgan fingerprint density at radius 1 is 1.35 bits per heavy atom. The number of thioether (sulfide) groups is 1. The van der Waals surface area contributed by atoms with E-state index >= 15 is 0 Å². The Balaban J connectivity index is 2.68. The van der Waals surface area contributed by atoms with Gasteiger partial charge in [-0.2, -0.15) is 18.3 Å². The summed E-state index contributed by atoms with van der Waals surface area (Å²) < 4.78 is 39.4. The number of benzene rings is 1. The van der Waals surface area contributed by atoms with Crippen LogP contribution in [0, 0.1) is 0 Å². The predicted octanol–water partition coefficient (Wildman–Crippen LogP) is 4.31. The molecule has 0 atom stereocenters. The Labute approximate surface area is 142 Å². The van der Waals surface area contributed by atoms with Gasteiger partial charge in [0.15, 0.2) is 0 Å². The lowest BCUT2D eigenvalue weighted by Gasteiger charge is -2.13. The SMILES string of the molecule is CSc1c(/C=N/O)nn(-c2c(Cl)cc(C(F)(F)F)cc2Cl)c1N. The van der Waals surface area contributed by atoms with Crippen molar-refractivity contribution in [3.8, 4) is 5.69 Å². The van der Waals surface area contributed by atoms with Gasteiger partial charge in [-0.05, 0) is 18.4 Å². The molecule has 0 aliphatic carbocycles. The first-order valence-electron chi connectivity index (χ1n) is 5.87. The molecule has 11 heteroatoms. The smallest absolute Gasteiger partial charge is 0.411 e. The predicted molar refractivity (Wildman–Crippen MR) is 84.2 cm³/mol. The fourth-order valence-electron chi connectivity index (χ4n) is 1.88. The molecule has 0 fully saturated rings. The zero-order chi connectivity index (χ0) is 17.4. The molecule has 0 radical (unpaired) electrons. The highest BCUT2D eigenvalue weighted by atomic mass is 35.5. The molecule has 0 spiro atoms. The Morgan fingerprint density at radius 2 is 1.91 bits per heavy atom. The van der Waals surface area contributed by atoms with Gasteiger partial charge in [0.2, 0.25) is 0 Å². The molecule has 0 aliphatic heterocycles. The lowest BCUT2D eigenvalue weighted by molar-refractivity contribution is -0.137. The normalized spacial score (nSPS) is 12.3. The molecular formula is C12H9Cl2F3N4OS. The third kappa shape index (κ3) is 3.36. The highest BCUT2D eigenvalue weighted by molar-refractivity contribution is 7.98. The van der Waals surface area contributed by atoms with Crippen LogP contribution in [0.3, 0.4) is 0 Å². The van der Waals surface area contributed by atoms with Crippen LogP contribution in [0.15, 0.2) is 22.2 Å². The maximum absolute atomic E-state index is 12.8. The molecule has 0 unspecified atom stereocenters. The number of nitrogen functional groups attached to an aromatic ring is 1. The number of nitrogens with zero attached hydrogens (tertiary/aromatic N) is 3. The Kier molecular flexibility index (Phi) is 5.02. The third-order valence-electron chi connectivity index (χ3n) is 2.84. The van der Waals surface area contributed by atoms with E-state index < -0.39 is 11.7 Å². The van der Waals surface area contributed by atoms with Gasteiger partial charge in [0.25, 0.3) is 0 Å². The summed E-state index contributed by atoms with van der Waals surface area (Å²) in [6.45, 7) is 0. The van der Waals surface area contributed by atoms with Crippen molar-refractivity contribution in [1.82, 2.24) is 9.78 Å². The standard InChI is InChI=1S/C12H9Cl2F3N4OS/c1-23-10-8(4-19-22)20-21(11(10)18)9-6(13)2-5(3-7(9)14)12(15,16)17/h2-4,22H,18H2,1H3/b19-4+. The van der Waals surface area contributed by atoms with Crippen molar-refractivity contribution in [2.24, 2.45) is 5.16 Å². The maximum atomic E-state index is 12.8. The molecule has 1 heterocycles. The molecule has 0 aliphatic rings. The summed E-state index contributed by atoms with van der Waals surface area (Å²) in [5, 5.41) is 15.0. The number of aromatic nitrogens is 2. The number of oxime groups is 1. The number of rotatable bonds is 3. The first-order valence-corrected chi connectivity index (χ1v) is 7.85. The quantitative estimate of drug-likeness (QED) is 0.357. The molecule has 3 N–H and O–H groups in total. The molecule has 124 valence electrons. The highest BCUT2D eigenvalue weighted by Crippen LogP contribution is 2.39. The van der Waals surface area contributed by atoms with Crippen molar-refractivity contribution in [1.29, 1.82) is 0 Å². The van der Waals surface area contributed by atoms with Crippen LogP contribution in [-0.2, 0) is 6.18 Å². The van der Waals surface area contributed by atoms with Crippen LogP contribution >= 0.6 is 35.0 Å². The molecule has 1 aromatic heterocycles. The molecule has 2 rings (SSSR count). The van der Waals surface area contributed by atoms with E-state index in [9.17, 15) is 13.2 Å². The minimum absolute atomic E-state index is 0.00623. The molecular weight excluding hydrogens is 376 g/mol. The number of hydrogen-bond acceptors (Lipinski definition) is 5. The Bertz CT molecular complexity index is 753. The zero-order valence-corrected chi connectivity index (χ0v) is 13.7. The van der Waals surface area contributed by atoms with Crippen LogP contribution in [0.5, 0.6) is 0 Å². The number of nitrogens with two attached hydrogens (primary N) is 1. The summed E-state index contributed by atoms with van der Waals surface area (Å²) in [5.41, 5.74) is 5.19. The van der Waals surface area contributed by atoms with E-state index in [4.69, 9.17) is 34.1 Å². The maximum Gasteiger partial charge on any atom is 0.416 e. The van der Waals surface area contributed by atoms with Crippen LogP contribution in [0.25, 0.3) is 5.69 Å². The van der Waals surface area contributed by atoms with Gasteiger partial charge in [0.1, 0.15) is 17.2 Å². The molecule has 0 saturated heterocycles. The summed E-state index contributed by atoms with van der Waals surface area (Å²) in [6.07, 6.45) is -1.83. The van der Waals surface area contributed by atoms with Crippen LogP contribution in [0.4, 0.5) is 19.0 Å². The zero-order valence-electron chi connectivity index (χ0n) is 11.4. The first-order chi connectivity index (χ1) is 10.7. The van der Waals surface area contributed by atoms with E-state index in [1.807, 2.05) is 0 Å². The fourth-order valence-corrected chi connectivity index (χ4v) is 3.13. The summed E-state index contributed by atoms with van der Waals surface area (Å²) in [4.78, 5) is 0.467. The van der Waals surface area contributed by atoms with Crippen LogP contribution in [-0.4, -0.2) is 27.5 Å². The lowest BCUT2D eigenvalue weighted by Crippen LogP contribution is -2.08. The van der Waals surface area contributed by atoms with E-state index in [1.54, 1.807) is 6.26 Å². The molecule has 0 amide bonds. The second-order valence-corrected chi connectivity index (χ2v) is 5.88. The number of alkyl halides is 3. The van der Waals surface area contributed by atoms with Gasteiger partial charge >= 0.3 is 6.18 Å². The van der Waals surface area contributed by atoms with Crippen molar-refractivity contribution < 1.29 is 18.4 Å². The van der Waals surface area contributed by atoms with Crippen molar-refractivity contribution in [3.63, 3.8) is 0 Å². The highest BCUT2D eigenvalue weighted by Gasteiger charge is 2.32. The van der Waals surface area contributed by atoms with Gasteiger partial charge in [-0.15, -0.1) is 11.8 Å². The van der Waals surface area contributed by atoms with Gasteiger partial charge in [0, 0.05) is 0 Å². The summed E-state index contributed by atoms with van der Waals surface area (Å²) >= 11 is 13.1. The van der Waals surface area contributed by atoms with E-state index in [-0.39, 0.29) is 27.2 Å². The van der Waals surface area contributed by atoms with Crippen molar-refractivity contribution >= 4 is 47.0 Å². The van der Waals surface area contributed by atoms with E-state index in [1.165, 1.54) is 11.8 Å². The topological polar surface area (TPSA) is 76.4 Å². The Hall–Kier alpha value is -1.58. The molecule has 1 aromatic carbocycles. The largest absolute Gasteiger partial charge is 0.416 e. The van der Waals surface area contributed by atoms with E-state index in [2.05, 4.69) is 10.3 Å². The minimum atomic E-state index is -4.58. The minimum Gasteiger partial charge on any atom is -0.411 e. The van der Waals surface area contributed by atoms with Gasteiger partial charge in [-0.25, -0.2) is 4.68 Å². The number of anilines is 1. The van der Waals surface area contributed by atoms with Crippen molar-refractivity contribution in [2.45, 2.75) is 11.1 Å². The van der Waals surface area contributed by atoms with Gasteiger partial charge in [-0.1, -0.05) is 28.4 Å². The number of halogens is 5. The fraction of sp³-hybridized carbons (Fsp3) is 0.167. The third-order valence-corrected chi connectivity index (χ3v) is 4.24. The van der Waals surface area contributed by atoms with Gasteiger partial charge in [-0.3, -0.25) is 0 Å². The summed E-state index contributed by atoms with van der Waals surface area (Å²) in [7, 11) is 0. The van der Waals surface area contributed by atoms with Crippen molar-refractivity contribution in [3.05, 3.63) is 33.4 Å². The molecule has 23 heavy (non-hydrogen) atoms. The van der Waals surface area contributed by atoms with Gasteiger partial charge < -0.3 is 10.9 Å². The summed E-state index contributed by atoms with van der Waals surface area (Å²) in [5.74, 6) is 0.107. The molecule has 0 bridgehead atoms. The van der Waals surface area contributed by atoms with Gasteiger partial charge in [0.05, 0.1) is 26.7 Å². The lowest BCUT2D eigenvalue weighted by atomic mass is 10.2. The average molecular weight is 385 g/mol. The second kappa shape index (κ2) is 6.50. The monoisotopic (exact) mass is 384 g/mol. The first kappa shape index (κ1) is 17.8. The molecule has 0 saturated carbocycles. The second-order valence-electron chi connectivity index (χ2n) is 4.25. The summed E-state index contributed by atoms with van der Waals surface area (Å²) in [6, 6.07) is 1.48. The Morgan fingerprint density at radius 3 is 2.35 bits per heavy atom. The molecule has 2 aromatic rings. The van der Waals surface area contributed by atoms with Crippen LogP contribution in [0.2, 0.25) is 10.0 Å². The van der Waals surface area contributed by atoms with Crippen LogP contribution in [0.1, 0.15) is 11.3 Å². The van der Waals surface area contributed by atoms with E-state index in [0.717, 1.165) is 23.0 Å². The van der Waals surface area contributed by atoms with Crippen molar-refractivity contribution in [2.75, 3.05) is 12.0 Å². The average Bonchev–Trinajstić information content (AvgIpc) is 2.74. The van der Waals surface area contributed by atoms with E-state index in [0.29, 0.717) is 4.90 Å². The molecule has 5 nitrogen and oxygen atoms in total. The van der Waals surface area contributed by atoms with Crippen LogP contribution < -0.4 is 5.73 Å². The number of hydrogen-bond donors (Lipinski definition) is 2.